The van der Waals surface area contributed by atoms with Crippen LogP contribution >= 0.6 is 11.3 Å². The number of fused-ring (bicyclic) bond motifs is 1. The van der Waals surface area contributed by atoms with Crippen molar-refractivity contribution in [3.63, 3.8) is 0 Å². The van der Waals surface area contributed by atoms with E-state index in [9.17, 15) is 9.59 Å². The summed E-state index contributed by atoms with van der Waals surface area (Å²) in [5, 5.41) is 0. The van der Waals surface area contributed by atoms with Crippen molar-refractivity contribution in [2.24, 2.45) is 4.99 Å². The Bertz CT molecular complexity index is 1330. The number of carbonyl (C=O) groups is 1. The second kappa shape index (κ2) is 7.79. The van der Waals surface area contributed by atoms with Crippen LogP contribution < -0.4 is 24.4 Å². The Hall–Kier alpha value is -3.39. The Morgan fingerprint density at radius 2 is 2.07 bits per heavy atom. The molecule has 3 aromatic rings. The molecular weight excluding hydrogens is 404 g/mol. The average Bonchev–Trinajstić information content (AvgIpc) is 3.34. The number of furan rings is 1. The fourth-order valence-corrected chi connectivity index (χ4v) is 4.64. The van der Waals surface area contributed by atoms with Crippen LogP contribution in [0.1, 0.15) is 31.2 Å². The van der Waals surface area contributed by atoms with Gasteiger partial charge in [-0.15, -0.1) is 0 Å². The molecule has 0 N–H and O–H groups in total. The van der Waals surface area contributed by atoms with Gasteiger partial charge < -0.3 is 13.9 Å². The Kier molecular flexibility index (Phi) is 5.17. The van der Waals surface area contributed by atoms with E-state index in [1.807, 2.05) is 6.07 Å². The van der Waals surface area contributed by atoms with E-state index in [2.05, 4.69) is 4.99 Å². The maximum Gasteiger partial charge on any atom is 0.271 e. The molecule has 1 aromatic carbocycles. The number of Topliss-reactive ketones (excluding diaryl/α,β-unsaturated/α-hetero) is 1. The summed E-state index contributed by atoms with van der Waals surface area (Å²) in [6.07, 6.45) is 3.23. The third-order valence-electron chi connectivity index (χ3n) is 4.95. The van der Waals surface area contributed by atoms with Gasteiger partial charge in [-0.25, -0.2) is 4.99 Å². The van der Waals surface area contributed by atoms with Gasteiger partial charge in [0, 0.05) is 29.0 Å². The van der Waals surface area contributed by atoms with Crippen LogP contribution in [0.3, 0.4) is 0 Å². The van der Waals surface area contributed by atoms with Crippen molar-refractivity contribution in [2.75, 3.05) is 14.2 Å². The molecule has 0 radical (unpaired) electrons. The predicted molar refractivity (Wildman–Crippen MR) is 113 cm³/mol. The third-order valence-corrected chi connectivity index (χ3v) is 5.94. The molecule has 154 valence electrons. The van der Waals surface area contributed by atoms with Crippen molar-refractivity contribution in [1.82, 2.24) is 4.57 Å². The summed E-state index contributed by atoms with van der Waals surface area (Å²) in [5.74, 6) is 1.56. The van der Waals surface area contributed by atoms with Gasteiger partial charge in [0.2, 0.25) is 0 Å². The van der Waals surface area contributed by atoms with Gasteiger partial charge >= 0.3 is 0 Å². The SMILES string of the molecule is COc1ccc([C@@H]2C(C(C)=O)=C(C)N=c3s/c(=C\c4ccco4)c(=O)n32)c(OC)c1. The Morgan fingerprint density at radius 3 is 2.70 bits per heavy atom. The van der Waals surface area contributed by atoms with Gasteiger partial charge in [-0.05, 0) is 38.1 Å². The summed E-state index contributed by atoms with van der Waals surface area (Å²) in [7, 11) is 3.11. The second-order valence-corrected chi connectivity index (χ2v) is 7.77. The Labute approximate surface area is 176 Å². The van der Waals surface area contributed by atoms with Crippen LogP contribution in [0, 0.1) is 0 Å². The van der Waals surface area contributed by atoms with Gasteiger partial charge in [0.1, 0.15) is 17.3 Å². The van der Waals surface area contributed by atoms with E-state index in [4.69, 9.17) is 13.9 Å². The molecule has 4 rings (SSSR count). The second-order valence-electron chi connectivity index (χ2n) is 6.76. The van der Waals surface area contributed by atoms with Crippen LogP contribution in [0.2, 0.25) is 0 Å². The van der Waals surface area contributed by atoms with Crippen molar-refractivity contribution in [3.8, 4) is 11.5 Å². The molecule has 0 amide bonds. The van der Waals surface area contributed by atoms with Gasteiger partial charge in [0.15, 0.2) is 10.6 Å². The van der Waals surface area contributed by atoms with Gasteiger partial charge in [-0.1, -0.05) is 11.3 Å². The quantitative estimate of drug-likeness (QED) is 0.628. The molecule has 0 bridgehead atoms. The lowest BCUT2D eigenvalue weighted by Crippen LogP contribution is -2.39. The van der Waals surface area contributed by atoms with Crippen LogP contribution in [-0.4, -0.2) is 24.6 Å². The molecule has 8 heteroatoms. The molecule has 7 nitrogen and oxygen atoms in total. The Balaban J connectivity index is 2.02. The number of ether oxygens (including phenoxy) is 2. The maximum absolute atomic E-state index is 13.4. The first-order valence-electron chi connectivity index (χ1n) is 9.23. The molecule has 0 saturated carbocycles. The standard InChI is InChI=1S/C22H20N2O5S/c1-12-19(13(2)25)20(16-8-7-14(27-3)10-17(16)28-4)24-21(26)18(30-22(24)23-12)11-15-6-5-9-29-15/h5-11,20H,1-4H3/b18-11-/t20-/m1/s1. The van der Waals surface area contributed by atoms with Crippen LogP contribution in [0.15, 0.2) is 62.1 Å². The minimum absolute atomic E-state index is 0.153. The molecule has 30 heavy (non-hydrogen) atoms. The first-order chi connectivity index (χ1) is 14.4. The zero-order valence-corrected chi connectivity index (χ0v) is 17.8. The summed E-state index contributed by atoms with van der Waals surface area (Å²) in [5.41, 5.74) is 1.47. The summed E-state index contributed by atoms with van der Waals surface area (Å²) >= 11 is 1.25. The first kappa shape index (κ1) is 19.9. The molecule has 1 atom stereocenters. The van der Waals surface area contributed by atoms with Crippen molar-refractivity contribution in [2.45, 2.75) is 19.9 Å². The lowest BCUT2D eigenvalue weighted by Gasteiger charge is -2.26. The number of hydrogen-bond acceptors (Lipinski definition) is 7. The predicted octanol–water partition coefficient (Wildman–Crippen LogP) is 2.43. The number of methoxy groups -OCH3 is 2. The Morgan fingerprint density at radius 1 is 1.27 bits per heavy atom. The highest BCUT2D eigenvalue weighted by atomic mass is 32.1. The van der Waals surface area contributed by atoms with E-state index < -0.39 is 6.04 Å². The van der Waals surface area contributed by atoms with Gasteiger partial charge in [0.25, 0.3) is 5.56 Å². The lowest BCUT2D eigenvalue weighted by molar-refractivity contribution is -0.114. The lowest BCUT2D eigenvalue weighted by atomic mass is 9.92. The summed E-state index contributed by atoms with van der Waals surface area (Å²) in [6.45, 7) is 3.26. The van der Waals surface area contributed by atoms with Crippen LogP contribution in [0.25, 0.3) is 6.08 Å². The van der Waals surface area contributed by atoms with Crippen molar-refractivity contribution < 1.29 is 18.7 Å². The zero-order chi connectivity index (χ0) is 21.4. The van der Waals surface area contributed by atoms with Crippen LogP contribution in [0.4, 0.5) is 0 Å². The smallest absolute Gasteiger partial charge is 0.271 e. The number of aromatic nitrogens is 1. The summed E-state index contributed by atoms with van der Waals surface area (Å²) in [6, 6.07) is 8.21. The minimum Gasteiger partial charge on any atom is -0.497 e. The number of allylic oxidation sites excluding steroid dienone is 2. The van der Waals surface area contributed by atoms with E-state index in [1.54, 1.807) is 62.3 Å². The normalized spacial score (nSPS) is 16.3. The first-order valence-corrected chi connectivity index (χ1v) is 10.0. The fourth-order valence-electron chi connectivity index (χ4n) is 3.61. The van der Waals surface area contributed by atoms with E-state index >= 15 is 0 Å². The van der Waals surface area contributed by atoms with Crippen LogP contribution in [-0.2, 0) is 4.79 Å². The summed E-state index contributed by atoms with van der Waals surface area (Å²) in [4.78, 5) is 31.0. The molecule has 0 fully saturated rings. The van der Waals surface area contributed by atoms with Crippen molar-refractivity contribution in [1.29, 1.82) is 0 Å². The highest BCUT2D eigenvalue weighted by Crippen LogP contribution is 2.37. The van der Waals surface area contributed by atoms with Crippen LogP contribution in [0.5, 0.6) is 11.5 Å². The zero-order valence-electron chi connectivity index (χ0n) is 17.0. The van der Waals surface area contributed by atoms with Crippen molar-refractivity contribution >= 4 is 23.2 Å². The third kappa shape index (κ3) is 3.29. The van der Waals surface area contributed by atoms with E-state index in [0.717, 1.165) is 0 Å². The maximum atomic E-state index is 13.4. The molecule has 3 heterocycles. The number of benzene rings is 1. The number of ketones is 1. The van der Waals surface area contributed by atoms with E-state index in [1.165, 1.54) is 18.3 Å². The molecule has 0 spiro atoms. The molecule has 2 aromatic heterocycles. The van der Waals surface area contributed by atoms with E-state index in [0.29, 0.717) is 43.4 Å². The highest BCUT2D eigenvalue weighted by Gasteiger charge is 2.32. The molecule has 0 aliphatic carbocycles. The fraction of sp³-hybridized carbons (Fsp3) is 0.227. The topological polar surface area (TPSA) is 83.0 Å². The highest BCUT2D eigenvalue weighted by molar-refractivity contribution is 7.07. The number of carbonyl (C=O) groups excluding carboxylic acids is 1. The number of rotatable bonds is 5. The van der Waals surface area contributed by atoms with E-state index in [-0.39, 0.29) is 11.3 Å². The molecule has 0 unspecified atom stereocenters. The number of nitrogens with zero attached hydrogens (tertiary/aromatic N) is 2. The summed E-state index contributed by atoms with van der Waals surface area (Å²) < 4.78 is 18.2. The molecular formula is C22H20N2O5S. The number of hydrogen-bond donors (Lipinski definition) is 0. The van der Waals surface area contributed by atoms with Gasteiger partial charge in [-0.3, -0.25) is 14.2 Å². The van der Waals surface area contributed by atoms with Gasteiger partial charge in [0.05, 0.1) is 31.1 Å². The van der Waals surface area contributed by atoms with Crippen molar-refractivity contribution in [3.05, 3.63) is 78.9 Å². The van der Waals surface area contributed by atoms with Gasteiger partial charge in [-0.2, -0.15) is 0 Å². The molecule has 1 aliphatic heterocycles. The molecule has 1 aliphatic rings. The minimum atomic E-state index is -0.654. The number of thiazole rings is 1. The average molecular weight is 424 g/mol. The monoisotopic (exact) mass is 424 g/mol. The molecule has 0 saturated heterocycles. The largest absolute Gasteiger partial charge is 0.497 e.